The van der Waals surface area contributed by atoms with E-state index in [0.29, 0.717) is 0 Å². The molecule has 2 atom stereocenters. The predicted octanol–water partition coefficient (Wildman–Crippen LogP) is 1.70. The molecule has 1 fully saturated rings. The standard InChI is InChI=1S/C12H12ClFN2O4/c13-7-2-1-3-8(14)10(7)16-12(19)15-9-5-20-4-6(9)11(17)18/h1-3,6,9H,4-5H2,(H,17,18)(H2,15,16,19). The van der Waals surface area contributed by atoms with Crippen molar-refractivity contribution in [1.29, 1.82) is 0 Å². The maximum absolute atomic E-state index is 13.5. The number of aliphatic carboxylic acids is 1. The van der Waals surface area contributed by atoms with Crippen molar-refractivity contribution in [2.24, 2.45) is 5.92 Å². The van der Waals surface area contributed by atoms with Crippen molar-refractivity contribution in [3.8, 4) is 0 Å². The second kappa shape index (κ2) is 6.06. The molecule has 2 amide bonds. The van der Waals surface area contributed by atoms with Gasteiger partial charge in [0.15, 0.2) is 0 Å². The van der Waals surface area contributed by atoms with Crippen LogP contribution in [0.5, 0.6) is 0 Å². The number of nitrogens with one attached hydrogen (secondary N) is 2. The number of carbonyl (C=O) groups excluding carboxylic acids is 1. The van der Waals surface area contributed by atoms with Crippen molar-refractivity contribution in [2.45, 2.75) is 6.04 Å². The van der Waals surface area contributed by atoms with Gasteiger partial charge in [-0.05, 0) is 12.1 Å². The Morgan fingerprint density at radius 1 is 1.40 bits per heavy atom. The predicted molar refractivity (Wildman–Crippen MR) is 69.3 cm³/mol. The average molecular weight is 303 g/mol. The van der Waals surface area contributed by atoms with E-state index in [9.17, 15) is 14.0 Å². The largest absolute Gasteiger partial charge is 0.481 e. The summed E-state index contributed by atoms with van der Waals surface area (Å²) in [5, 5.41) is 13.7. The summed E-state index contributed by atoms with van der Waals surface area (Å²) in [6.45, 7) is 0.121. The van der Waals surface area contributed by atoms with Crippen LogP contribution in [0.2, 0.25) is 5.02 Å². The van der Waals surface area contributed by atoms with Crippen LogP contribution < -0.4 is 10.6 Å². The van der Waals surface area contributed by atoms with Gasteiger partial charge in [-0.1, -0.05) is 17.7 Å². The zero-order valence-corrected chi connectivity index (χ0v) is 11.0. The average Bonchev–Trinajstić information content (AvgIpc) is 2.82. The molecule has 1 aromatic carbocycles. The highest BCUT2D eigenvalue weighted by Gasteiger charge is 2.35. The van der Waals surface area contributed by atoms with Gasteiger partial charge < -0.3 is 20.5 Å². The van der Waals surface area contributed by atoms with Crippen molar-refractivity contribution in [1.82, 2.24) is 5.32 Å². The van der Waals surface area contributed by atoms with E-state index in [4.69, 9.17) is 21.4 Å². The molecule has 0 aliphatic carbocycles. The summed E-state index contributed by atoms with van der Waals surface area (Å²) in [5.41, 5.74) is -0.155. The maximum atomic E-state index is 13.5. The van der Waals surface area contributed by atoms with Crippen LogP contribution in [0.15, 0.2) is 18.2 Å². The molecule has 1 heterocycles. The van der Waals surface area contributed by atoms with Gasteiger partial charge in [0.1, 0.15) is 11.7 Å². The van der Waals surface area contributed by atoms with Crippen LogP contribution in [0.4, 0.5) is 14.9 Å². The third kappa shape index (κ3) is 3.17. The lowest BCUT2D eigenvalue weighted by atomic mass is 10.0. The molecule has 2 rings (SSSR count). The Morgan fingerprint density at radius 3 is 2.80 bits per heavy atom. The van der Waals surface area contributed by atoms with Gasteiger partial charge in [0.2, 0.25) is 0 Å². The van der Waals surface area contributed by atoms with Gasteiger partial charge in [-0.3, -0.25) is 4.79 Å². The van der Waals surface area contributed by atoms with Crippen LogP contribution in [0, 0.1) is 11.7 Å². The number of carboxylic acid groups (broad SMARTS) is 1. The van der Waals surface area contributed by atoms with Gasteiger partial charge in [0.05, 0.1) is 30.0 Å². The van der Waals surface area contributed by atoms with Gasteiger partial charge in [-0.15, -0.1) is 0 Å². The third-order valence-corrected chi connectivity index (χ3v) is 3.23. The number of rotatable bonds is 3. The van der Waals surface area contributed by atoms with E-state index in [2.05, 4.69) is 10.6 Å². The van der Waals surface area contributed by atoms with E-state index in [0.717, 1.165) is 6.07 Å². The molecule has 0 saturated carbocycles. The number of anilines is 1. The van der Waals surface area contributed by atoms with E-state index in [1.165, 1.54) is 12.1 Å². The fourth-order valence-corrected chi connectivity index (χ4v) is 2.09. The van der Waals surface area contributed by atoms with Gasteiger partial charge >= 0.3 is 12.0 Å². The first-order valence-electron chi connectivity index (χ1n) is 5.81. The molecule has 0 spiro atoms. The monoisotopic (exact) mass is 302 g/mol. The molecule has 8 heteroatoms. The highest BCUT2D eigenvalue weighted by atomic mass is 35.5. The van der Waals surface area contributed by atoms with Crippen molar-refractivity contribution >= 4 is 29.3 Å². The van der Waals surface area contributed by atoms with E-state index in [-0.39, 0.29) is 23.9 Å². The van der Waals surface area contributed by atoms with Crippen molar-refractivity contribution < 1.29 is 23.8 Å². The Balaban J connectivity index is 2.01. The molecule has 1 aliphatic rings. The van der Waals surface area contributed by atoms with Gasteiger partial charge in [-0.2, -0.15) is 0 Å². The first-order chi connectivity index (χ1) is 9.49. The molecule has 3 N–H and O–H groups in total. The zero-order valence-electron chi connectivity index (χ0n) is 10.2. The number of hydrogen-bond acceptors (Lipinski definition) is 3. The van der Waals surface area contributed by atoms with E-state index >= 15 is 0 Å². The number of amides is 2. The van der Waals surface area contributed by atoms with Crippen LogP contribution in [0.3, 0.4) is 0 Å². The second-order valence-electron chi connectivity index (χ2n) is 4.28. The Hall–Kier alpha value is -1.86. The molecule has 1 aromatic rings. The van der Waals surface area contributed by atoms with E-state index in [1.807, 2.05) is 0 Å². The summed E-state index contributed by atoms with van der Waals surface area (Å²) < 4.78 is 18.5. The number of para-hydroxylation sites is 1. The van der Waals surface area contributed by atoms with Crippen molar-refractivity contribution in [3.05, 3.63) is 29.0 Å². The first kappa shape index (κ1) is 14.5. The molecular formula is C12H12ClFN2O4. The number of urea groups is 1. The summed E-state index contributed by atoms with van der Waals surface area (Å²) in [6.07, 6.45) is 0. The number of carbonyl (C=O) groups is 2. The molecule has 6 nitrogen and oxygen atoms in total. The Morgan fingerprint density at radius 2 is 2.15 bits per heavy atom. The van der Waals surface area contributed by atoms with Crippen molar-refractivity contribution in [2.75, 3.05) is 18.5 Å². The van der Waals surface area contributed by atoms with Crippen LogP contribution >= 0.6 is 11.6 Å². The van der Waals surface area contributed by atoms with Gasteiger partial charge in [0, 0.05) is 0 Å². The molecular weight excluding hydrogens is 291 g/mol. The van der Waals surface area contributed by atoms with Crippen LogP contribution in [0.25, 0.3) is 0 Å². The number of ether oxygens (including phenoxy) is 1. The van der Waals surface area contributed by atoms with Crippen LogP contribution in [0.1, 0.15) is 0 Å². The fraction of sp³-hybridized carbons (Fsp3) is 0.333. The third-order valence-electron chi connectivity index (χ3n) is 2.92. The molecule has 0 bridgehead atoms. The van der Waals surface area contributed by atoms with Gasteiger partial charge in [0.25, 0.3) is 0 Å². The summed E-state index contributed by atoms with van der Waals surface area (Å²) in [7, 11) is 0. The van der Waals surface area contributed by atoms with Crippen molar-refractivity contribution in [3.63, 3.8) is 0 Å². The van der Waals surface area contributed by atoms with Crippen LogP contribution in [-0.4, -0.2) is 36.4 Å². The lowest BCUT2D eigenvalue weighted by Crippen LogP contribution is -2.44. The zero-order chi connectivity index (χ0) is 14.7. The molecule has 20 heavy (non-hydrogen) atoms. The van der Waals surface area contributed by atoms with E-state index < -0.39 is 29.8 Å². The first-order valence-corrected chi connectivity index (χ1v) is 6.19. The summed E-state index contributed by atoms with van der Waals surface area (Å²) in [4.78, 5) is 22.7. The minimum absolute atomic E-state index is 0.0285. The highest BCUT2D eigenvalue weighted by molar-refractivity contribution is 6.33. The minimum Gasteiger partial charge on any atom is -0.481 e. The highest BCUT2D eigenvalue weighted by Crippen LogP contribution is 2.24. The smallest absolute Gasteiger partial charge is 0.319 e. The summed E-state index contributed by atoms with van der Waals surface area (Å²) in [5.74, 6) is -2.56. The Kier molecular flexibility index (Phi) is 4.41. The quantitative estimate of drug-likeness (QED) is 0.793. The Bertz CT molecular complexity index is 520. The van der Waals surface area contributed by atoms with E-state index in [1.54, 1.807) is 0 Å². The number of halogens is 2. The molecule has 0 aromatic heterocycles. The Labute approximate surface area is 118 Å². The minimum atomic E-state index is -1.06. The molecule has 1 aliphatic heterocycles. The normalized spacial score (nSPS) is 21.5. The second-order valence-corrected chi connectivity index (χ2v) is 4.69. The molecule has 1 saturated heterocycles. The lowest BCUT2D eigenvalue weighted by Gasteiger charge is -2.16. The maximum Gasteiger partial charge on any atom is 0.319 e. The van der Waals surface area contributed by atoms with Crippen LogP contribution in [-0.2, 0) is 9.53 Å². The molecule has 2 unspecified atom stereocenters. The summed E-state index contributed by atoms with van der Waals surface area (Å²) in [6, 6.07) is 2.59. The number of hydrogen-bond donors (Lipinski definition) is 3. The number of benzene rings is 1. The SMILES string of the molecule is O=C(Nc1c(F)cccc1Cl)NC1COCC1C(=O)O. The summed E-state index contributed by atoms with van der Waals surface area (Å²) >= 11 is 5.77. The topological polar surface area (TPSA) is 87.7 Å². The van der Waals surface area contributed by atoms with Gasteiger partial charge in [-0.25, -0.2) is 9.18 Å². The fourth-order valence-electron chi connectivity index (χ4n) is 1.88. The lowest BCUT2D eigenvalue weighted by molar-refractivity contribution is -0.142. The number of carboxylic acids is 1. The molecule has 0 radical (unpaired) electrons. The molecule has 108 valence electrons.